The van der Waals surface area contributed by atoms with Crippen LogP contribution in [0, 0.1) is 0 Å². The third kappa shape index (κ3) is 2.76. The smallest absolute Gasteiger partial charge is 0.342 e. The van der Waals surface area contributed by atoms with Gasteiger partial charge >= 0.3 is 12.4 Å². The van der Waals surface area contributed by atoms with E-state index in [-0.39, 0.29) is 13.6 Å². The molecule has 0 bridgehead atoms. The molecular formula is C10H10O5. The summed E-state index contributed by atoms with van der Waals surface area (Å²) in [5, 5.41) is 0. The molecule has 1 aliphatic rings. The van der Waals surface area contributed by atoms with Crippen LogP contribution in [-0.2, 0) is 18.9 Å². The van der Waals surface area contributed by atoms with Crippen molar-refractivity contribution in [1.29, 1.82) is 0 Å². The summed E-state index contributed by atoms with van der Waals surface area (Å²) in [4.78, 5) is 11.5. The van der Waals surface area contributed by atoms with Crippen LogP contribution >= 0.6 is 0 Å². The van der Waals surface area contributed by atoms with Gasteiger partial charge in [0.15, 0.2) is 13.6 Å². The Bertz CT molecular complexity index is 318. The molecule has 5 nitrogen and oxygen atoms in total. The lowest BCUT2D eigenvalue weighted by Gasteiger charge is -2.22. The first-order valence-electron chi connectivity index (χ1n) is 4.43. The maximum atomic E-state index is 11.5. The molecule has 2 rings (SSSR count). The zero-order chi connectivity index (χ0) is 10.5. The average Bonchev–Trinajstić information content (AvgIpc) is 2.31. The third-order valence-corrected chi connectivity index (χ3v) is 1.79. The molecule has 0 aromatic heterocycles. The van der Waals surface area contributed by atoms with Crippen LogP contribution < -0.4 is 0 Å². The Balaban J connectivity index is 1.91. The van der Waals surface area contributed by atoms with E-state index in [0.29, 0.717) is 5.56 Å². The summed E-state index contributed by atoms with van der Waals surface area (Å²) in [6.45, 7) is -0.856. The van der Waals surface area contributed by atoms with Crippen molar-refractivity contribution in [1.82, 2.24) is 0 Å². The van der Waals surface area contributed by atoms with Gasteiger partial charge in [0.1, 0.15) is 0 Å². The number of hydrogen-bond acceptors (Lipinski definition) is 5. The summed E-state index contributed by atoms with van der Waals surface area (Å²) in [5.74, 6) is -0.484. The number of rotatable bonds is 2. The Hall–Kier alpha value is -1.43. The van der Waals surface area contributed by atoms with Gasteiger partial charge in [0.05, 0.1) is 5.56 Å². The largest absolute Gasteiger partial charge is 0.406 e. The molecular weight excluding hydrogens is 200 g/mol. The van der Waals surface area contributed by atoms with Crippen molar-refractivity contribution in [2.45, 2.75) is 6.48 Å². The Labute approximate surface area is 86.5 Å². The maximum absolute atomic E-state index is 11.5. The summed E-state index contributed by atoms with van der Waals surface area (Å²) < 4.78 is 19.4. The molecule has 1 aromatic carbocycles. The predicted octanol–water partition coefficient (Wildman–Crippen LogP) is 1.11. The fourth-order valence-corrected chi connectivity index (χ4v) is 1.09. The lowest BCUT2D eigenvalue weighted by Crippen LogP contribution is -2.31. The van der Waals surface area contributed by atoms with E-state index in [2.05, 4.69) is 0 Å². The zero-order valence-electron chi connectivity index (χ0n) is 7.92. The highest BCUT2D eigenvalue weighted by Crippen LogP contribution is 2.08. The lowest BCUT2D eigenvalue weighted by molar-refractivity contribution is -0.366. The second-order valence-electron chi connectivity index (χ2n) is 2.83. The first kappa shape index (κ1) is 10.1. The molecule has 1 aliphatic heterocycles. The number of ether oxygens (including phenoxy) is 4. The monoisotopic (exact) mass is 210 g/mol. The van der Waals surface area contributed by atoms with Crippen LogP contribution in [0.5, 0.6) is 0 Å². The maximum Gasteiger partial charge on any atom is 0.342 e. The highest BCUT2D eigenvalue weighted by atomic mass is 16.9. The van der Waals surface area contributed by atoms with E-state index in [1.165, 1.54) is 0 Å². The molecule has 0 atom stereocenters. The molecule has 0 unspecified atom stereocenters. The molecule has 0 amide bonds. The standard InChI is InChI=1S/C10H10O5/c11-9(8-4-2-1-3-5-8)15-10-13-6-12-7-14-10/h1-5,10H,6-7H2. The minimum absolute atomic E-state index is 0.0622. The van der Waals surface area contributed by atoms with Crippen molar-refractivity contribution >= 4 is 5.97 Å². The molecule has 1 aromatic rings. The molecule has 1 heterocycles. The van der Waals surface area contributed by atoms with Crippen LogP contribution in [0.25, 0.3) is 0 Å². The SMILES string of the molecule is O=C(OC1OCOCO1)c1ccccc1. The number of hydrogen-bond donors (Lipinski definition) is 0. The number of carbonyl (C=O) groups is 1. The van der Waals surface area contributed by atoms with Crippen molar-refractivity contribution < 1.29 is 23.7 Å². The molecule has 0 aliphatic carbocycles. The van der Waals surface area contributed by atoms with Gasteiger partial charge in [-0.2, -0.15) is 0 Å². The minimum atomic E-state index is -0.980. The van der Waals surface area contributed by atoms with Gasteiger partial charge in [-0.1, -0.05) is 18.2 Å². The van der Waals surface area contributed by atoms with Gasteiger partial charge in [-0.25, -0.2) is 4.79 Å². The second kappa shape index (κ2) is 4.88. The van der Waals surface area contributed by atoms with E-state index in [1.807, 2.05) is 6.07 Å². The summed E-state index contributed by atoms with van der Waals surface area (Å²) >= 11 is 0. The fraction of sp³-hybridized carbons (Fsp3) is 0.300. The highest BCUT2D eigenvalue weighted by molar-refractivity contribution is 5.89. The number of benzene rings is 1. The van der Waals surface area contributed by atoms with Crippen molar-refractivity contribution in [2.75, 3.05) is 13.6 Å². The van der Waals surface area contributed by atoms with Gasteiger partial charge in [0.2, 0.25) is 0 Å². The van der Waals surface area contributed by atoms with E-state index >= 15 is 0 Å². The second-order valence-corrected chi connectivity index (χ2v) is 2.83. The molecule has 0 saturated carbocycles. The van der Waals surface area contributed by atoms with Crippen molar-refractivity contribution in [3.63, 3.8) is 0 Å². The molecule has 80 valence electrons. The summed E-state index contributed by atoms with van der Waals surface area (Å²) in [6, 6.07) is 8.63. The lowest BCUT2D eigenvalue weighted by atomic mass is 10.2. The number of esters is 1. The summed E-state index contributed by atoms with van der Waals surface area (Å²) in [6.07, 6.45) is 0. The zero-order valence-corrected chi connectivity index (χ0v) is 7.92. The van der Waals surface area contributed by atoms with E-state index in [4.69, 9.17) is 18.9 Å². The Morgan fingerprint density at radius 2 is 1.87 bits per heavy atom. The minimum Gasteiger partial charge on any atom is -0.406 e. The molecule has 0 spiro atoms. The molecule has 15 heavy (non-hydrogen) atoms. The van der Waals surface area contributed by atoms with Crippen molar-refractivity contribution in [3.8, 4) is 0 Å². The molecule has 1 fully saturated rings. The highest BCUT2D eigenvalue weighted by Gasteiger charge is 2.19. The topological polar surface area (TPSA) is 54.0 Å². The summed E-state index contributed by atoms with van der Waals surface area (Å²) in [5.41, 5.74) is 0.455. The van der Waals surface area contributed by atoms with Crippen LogP contribution in [0.4, 0.5) is 0 Å². The predicted molar refractivity (Wildman–Crippen MR) is 48.6 cm³/mol. The van der Waals surface area contributed by atoms with Gasteiger partial charge < -0.3 is 9.47 Å². The van der Waals surface area contributed by atoms with Gasteiger partial charge in [0.25, 0.3) is 0 Å². The molecule has 1 saturated heterocycles. The normalized spacial score (nSPS) is 17.3. The van der Waals surface area contributed by atoms with E-state index in [0.717, 1.165) is 0 Å². The first-order valence-corrected chi connectivity index (χ1v) is 4.43. The molecule has 0 N–H and O–H groups in total. The van der Waals surface area contributed by atoms with Gasteiger partial charge in [-0.15, -0.1) is 0 Å². The van der Waals surface area contributed by atoms with E-state index < -0.39 is 12.4 Å². The first-order chi connectivity index (χ1) is 7.36. The van der Waals surface area contributed by atoms with Gasteiger partial charge in [0, 0.05) is 0 Å². The van der Waals surface area contributed by atoms with Crippen molar-refractivity contribution in [3.05, 3.63) is 35.9 Å². The average molecular weight is 210 g/mol. The van der Waals surface area contributed by atoms with Crippen LogP contribution in [-0.4, -0.2) is 26.0 Å². The fourth-order valence-electron chi connectivity index (χ4n) is 1.09. The quantitative estimate of drug-likeness (QED) is 0.684. The van der Waals surface area contributed by atoms with Crippen LogP contribution in [0.3, 0.4) is 0 Å². The Morgan fingerprint density at radius 1 is 1.20 bits per heavy atom. The number of carbonyl (C=O) groups excluding carboxylic acids is 1. The van der Waals surface area contributed by atoms with E-state index in [1.54, 1.807) is 24.3 Å². The van der Waals surface area contributed by atoms with Gasteiger partial charge in [-0.3, -0.25) is 9.47 Å². The van der Waals surface area contributed by atoms with Crippen LogP contribution in [0.2, 0.25) is 0 Å². The van der Waals surface area contributed by atoms with Crippen LogP contribution in [0.15, 0.2) is 30.3 Å². The van der Waals surface area contributed by atoms with Crippen LogP contribution in [0.1, 0.15) is 10.4 Å². The van der Waals surface area contributed by atoms with Crippen molar-refractivity contribution in [2.24, 2.45) is 0 Å². The summed E-state index contributed by atoms with van der Waals surface area (Å²) in [7, 11) is 0. The van der Waals surface area contributed by atoms with E-state index in [9.17, 15) is 4.79 Å². The third-order valence-electron chi connectivity index (χ3n) is 1.79. The Kier molecular flexibility index (Phi) is 3.29. The van der Waals surface area contributed by atoms with Gasteiger partial charge in [-0.05, 0) is 12.1 Å². The molecule has 5 heteroatoms. The Morgan fingerprint density at radius 3 is 2.53 bits per heavy atom. The molecule has 0 radical (unpaired) electrons.